The van der Waals surface area contributed by atoms with Gasteiger partial charge in [-0.2, -0.15) is 0 Å². The lowest BCUT2D eigenvalue weighted by Crippen LogP contribution is -2.48. The maximum Gasteiger partial charge on any atom is 0.00982 e. The molecule has 0 aromatic carbocycles. The Labute approximate surface area is 76.1 Å². The summed E-state index contributed by atoms with van der Waals surface area (Å²) in [6.07, 6.45) is 10.2. The Morgan fingerprint density at radius 3 is 2.75 bits per heavy atom. The van der Waals surface area contributed by atoms with Crippen molar-refractivity contribution in [2.45, 2.75) is 64.0 Å². The van der Waals surface area contributed by atoms with Gasteiger partial charge >= 0.3 is 0 Å². The van der Waals surface area contributed by atoms with Crippen LogP contribution in [0.1, 0.15) is 51.9 Å². The number of hydrogen-bond donors (Lipinski definition) is 0. The van der Waals surface area contributed by atoms with Gasteiger partial charge in [-0.05, 0) is 38.6 Å². The predicted octanol–water partition coefficient (Wildman–Crippen LogP) is 2.80. The van der Waals surface area contributed by atoms with Gasteiger partial charge in [0.25, 0.3) is 0 Å². The highest BCUT2D eigenvalue weighted by molar-refractivity contribution is 4.86. The van der Waals surface area contributed by atoms with E-state index in [1.54, 1.807) is 0 Å². The molecule has 0 bridgehead atoms. The third-order valence-electron chi connectivity index (χ3n) is 3.69. The Morgan fingerprint density at radius 2 is 1.92 bits per heavy atom. The van der Waals surface area contributed by atoms with Crippen molar-refractivity contribution in [1.82, 2.24) is 4.90 Å². The zero-order chi connectivity index (χ0) is 8.39. The van der Waals surface area contributed by atoms with E-state index < -0.39 is 0 Å². The lowest BCUT2D eigenvalue weighted by Gasteiger charge is -2.44. The molecule has 2 fully saturated rings. The Balaban J connectivity index is 1.99. The van der Waals surface area contributed by atoms with Crippen LogP contribution in [-0.4, -0.2) is 23.5 Å². The first-order valence-electron chi connectivity index (χ1n) is 5.67. The second kappa shape index (κ2) is 3.78. The maximum atomic E-state index is 2.80. The largest absolute Gasteiger partial charge is 0.297 e. The molecule has 0 spiro atoms. The molecule has 1 heteroatoms. The molecule has 2 rings (SSSR count). The molecule has 0 aliphatic carbocycles. The van der Waals surface area contributed by atoms with E-state index in [0.717, 1.165) is 12.1 Å². The predicted molar refractivity (Wildman–Crippen MR) is 52.3 cm³/mol. The molecule has 2 heterocycles. The summed E-state index contributed by atoms with van der Waals surface area (Å²) in [5, 5.41) is 0. The summed E-state index contributed by atoms with van der Waals surface area (Å²) < 4.78 is 0. The molecule has 0 unspecified atom stereocenters. The minimum Gasteiger partial charge on any atom is -0.297 e. The van der Waals surface area contributed by atoms with Crippen molar-refractivity contribution in [3.8, 4) is 0 Å². The third-order valence-corrected chi connectivity index (χ3v) is 3.69. The van der Waals surface area contributed by atoms with Crippen LogP contribution in [0.3, 0.4) is 0 Å². The molecule has 0 aromatic rings. The molecule has 2 aliphatic rings. The van der Waals surface area contributed by atoms with Gasteiger partial charge < -0.3 is 0 Å². The third kappa shape index (κ3) is 1.52. The molecule has 12 heavy (non-hydrogen) atoms. The second-order valence-corrected chi connectivity index (χ2v) is 4.38. The smallest absolute Gasteiger partial charge is 0.00982 e. The van der Waals surface area contributed by atoms with Crippen molar-refractivity contribution in [2.75, 3.05) is 6.54 Å². The fourth-order valence-electron chi connectivity index (χ4n) is 3.01. The first-order chi connectivity index (χ1) is 5.92. The average molecular weight is 167 g/mol. The molecule has 2 saturated heterocycles. The number of fused-ring (bicyclic) bond motifs is 1. The monoisotopic (exact) mass is 167 g/mol. The second-order valence-electron chi connectivity index (χ2n) is 4.38. The summed E-state index contributed by atoms with van der Waals surface area (Å²) in [7, 11) is 0. The molecule has 2 atom stereocenters. The van der Waals surface area contributed by atoms with Gasteiger partial charge in [-0.15, -0.1) is 0 Å². The van der Waals surface area contributed by atoms with E-state index in [9.17, 15) is 0 Å². The molecule has 0 radical (unpaired) electrons. The zero-order valence-electron chi connectivity index (χ0n) is 8.26. The van der Waals surface area contributed by atoms with Gasteiger partial charge in [-0.25, -0.2) is 0 Å². The Hall–Kier alpha value is -0.0400. The quantitative estimate of drug-likeness (QED) is 0.580. The van der Waals surface area contributed by atoms with Gasteiger partial charge in [0.05, 0.1) is 0 Å². The van der Waals surface area contributed by atoms with Crippen molar-refractivity contribution < 1.29 is 0 Å². The Kier molecular flexibility index (Phi) is 2.69. The van der Waals surface area contributed by atoms with E-state index in [0.29, 0.717) is 0 Å². The van der Waals surface area contributed by atoms with E-state index >= 15 is 0 Å². The van der Waals surface area contributed by atoms with Crippen LogP contribution >= 0.6 is 0 Å². The maximum absolute atomic E-state index is 2.80. The van der Waals surface area contributed by atoms with Crippen LogP contribution in [0.5, 0.6) is 0 Å². The van der Waals surface area contributed by atoms with E-state index in [2.05, 4.69) is 11.8 Å². The molecule has 2 aliphatic heterocycles. The van der Waals surface area contributed by atoms with Crippen molar-refractivity contribution in [1.29, 1.82) is 0 Å². The normalized spacial score (nSPS) is 37.8. The van der Waals surface area contributed by atoms with Gasteiger partial charge in [0.15, 0.2) is 0 Å². The minimum absolute atomic E-state index is 0.934. The van der Waals surface area contributed by atoms with Crippen molar-refractivity contribution in [3.63, 3.8) is 0 Å². The van der Waals surface area contributed by atoms with E-state index in [1.807, 2.05) is 0 Å². The summed E-state index contributed by atoms with van der Waals surface area (Å²) in [4.78, 5) is 2.80. The molecule has 0 saturated carbocycles. The first kappa shape index (κ1) is 8.55. The highest BCUT2D eigenvalue weighted by Crippen LogP contribution is 2.30. The van der Waals surface area contributed by atoms with Crippen LogP contribution in [0.2, 0.25) is 0 Å². The molecule has 0 amide bonds. The average Bonchev–Trinajstić information content (AvgIpc) is 2.17. The fraction of sp³-hybridized carbons (Fsp3) is 1.00. The van der Waals surface area contributed by atoms with Crippen molar-refractivity contribution >= 4 is 0 Å². The first-order valence-corrected chi connectivity index (χ1v) is 5.67. The lowest BCUT2D eigenvalue weighted by molar-refractivity contribution is 0.0506. The summed E-state index contributed by atoms with van der Waals surface area (Å²) >= 11 is 0. The standard InChI is InChI=1S/C11H21N/c1-2-10-7-5-8-11-6-3-4-9-12(10)11/h10-11H,2-9H2,1H3/t10-,11-/m0/s1. The molecule has 0 N–H and O–H groups in total. The zero-order valence-corrected chi connectivity index (χ0v) is 8.26. The van der Waals surface area contributed by atoms with E-state index in [-0.39, 0.29) is 0 Å². The lowest BCUT2D eigenvalue weighted by atomic mass is 9.88. The van der Waals surface area contributed by atoms with Crippen molar-refractivity contribution in [2.24, 2.45) is 0 Å². The van der Waals surface area contributed by atoms with Crippen LogP contribution < -0.4 is 0 Å². The summed E-state index contributed by atoms with van der Waals surface area (Å²) in [6, 6.07) is 1.90. The molecular weight excluding hydrogens is 146 g/mol. The van der Waals surface area contributed by atoms with Crippen LogP contribution in [-0.2, 0) is 0 Å². The highest BCUT2D eigenvalue weighted by Gasteiger charge is 2.30. The van der Waals surface area contributed by atoms with E-state index in [1.165, 1.54) is 51.5 Å². The van der Waals surface area contributed by atoms with Gasteiger partial charge in [0, 0.05) is 12.1 Å². The highest BCUT2D eigenvalue weighted by atomic mass is 15.2. The van der Waals surface area contributed by atoms with Crippen LogP contribution in [0.15, 0.2) is 0 Å². The Morgan fingerprint density at radius 1 is 1.08 bits per heavy atom. The Bertz CT molecular complexity index is 135. The summed E-state index contributed by atoms with van der Waals surface area (Å²) in [6.45, 7) is 3.74. The number of nitrogens with zero attached hydrogens (tertiary/aromatic N) is 1. The van der Waals surface area contributed by atoms with Gasteiger partial charge in [0.1, 0.15) is 0 Å². The topological polar surface area (TPSA) is 3.24 Å². The molecule has 0 aromatic heterocycles. The van der Waals surface area contributed by atoms with Crippen molar-refractivity contribution in [3.05, 3.63) is 0 Å². The van der Waals surface area contributed by atoms with Crippen LogP contribution in [0.25, 0.3) is 0 Å². The van der Waals surface area contributed by atoms with E-state index in [4.69, 9.17) is 0 Å². The van der Waals surface area contributed by atoms with Gasteiger partial charge in [0.2, 0.25) is 0 Å². The number of rotatable bonds is 1. The minimum atomic E-state index is 0.934. The number of hydrogen-bond acceptors (Lipinski definition) is 1. The van der Waals surface area contributed by atoms with Gasteiger partial charge in [-0.3, -0.25) is 4.90 Å². The molecule has 70 valence electrons. The molecular formula is C11H21N. The summed E-state index contributed by atoms with van der Waals surface area (Å²) in [5.41, 5.74) is 0. The fourth-order valence-corrected chi connectivity index (χ4v) is 3.01. The SMILES string of the molecule is CC[C@H]1CCC[C@@H]2CCCCN21. The van der Waals surface area contributed by atoms with Crippen LogP contribution in [0, 0.1) is 0 Å². The molecule has 1 nitrogen and oxygen atoms in total. The van der Waals surface area contributed by atoms with Gasteiger partial charge in [-0.1, -0.05) is 19.8 Å². The summed E-state index contributed by atoms with van der Waals surface area (Å²) in [5.74, 6) is 0. The number of piperidine rings is 2. The van der Waals surface area contributed by atoms with Crippen LogP contribution in [0.4, 0.5) is 0 Å².